The van der Waals surface area contributed by atoms with Crippen molar-refractivity contribution in [3.05, 3.63) is 30.1 Å². The van der Waals surface area contributed by atoms with Crippen LogP contribution in [-0.2, 0) is 6.42 Å². The average molecular weight is 405 g/mol. The zero-order chi connectivity index (χ0) is 14.6. The molecule has 0 amide bonds. The Balaban J connectivity index is 0.00000400. The zero-order valence-electron chi connectivity index (χ0n) is 13.1. The summed E-state index contributed by atoms with van der Waals surface area (Å²) in [6.07, 6.45) is 3.84. The number of halogens is 1. The zero-order valence-corrected chi connectivity index (χ0v) is 15.4. The van der Waals surface area contributed by atoms with Crippen LogP contribution in [0.5, 0.6) is 0 Å². The maximum atomic E-state index is 5.84. The second-order valence-corrected chi connectivity index (χ2v) is 4.70. The third kappa shape index (κ3) is 9.62. The smallest absolute Gasteiger partial charge is 0.188 e. The van der Waals surface area contributed by atoms with Gasteiger partial charge in [-0.3, -0.25) is 9.98 Å². The van der Waals surface area contributed by atoms with Gasteiger partial charge in [0.2, 0.25) is 0 Å². The van der Waals surface area contributed by atoms with E-state index in [-0.39, 0.29) is 24.0 Å². The number of hydrogen-bond donors (Lipinski definition) is 2. The van der Waals surface area contributed by atoms with Crippen molar-refractivity contribution in [2.24, 2.45) is 10.7 Å². The molecule has 3 N–H and O–H groups in total. The van der Waals surface area contributed by atoms with E-state index >= 15 is 0 Å². The highest BCUT2D eigenvalue weighted by molar-refractivity contribution is 14.0. The number of aliphatic imine (C=N–C) groups is 1. The maximum Gasteiger partial charge on any atom is 0.188 e. The van der Waals surface area contributed by atoms with Gasteiger partial charge >= 0.3 is 0 Å². The molecule has 0 unspecified atom stereocenters. The molecule has 1 heterocycles. The molecule has 1 rings (SSSR count). The number of rotatable bonds is 9. The van der Waals surface area contributed by atoms with Crippen LogP contribution in [0, 0.1) is 0 Å². The predicted molar refractivity (Wildman–Crippen MR) is 100 cm³/mol. The minimum Gasteiger partial charge on any atom is -0.370 e. The van der Waals surface area contributed by atoms with Gasteiger partial charge in [0.1, 0.15) is 0 Å². The van der Waals surface area contributed by atoms with Crippen LogP contribution < -0.4 is 11.1 Å². The van der Waals surface area contributed by atoms with Crippen molar-refractivity contribution >= 4 is 29.9 Å². The van der Waals surface area contributed by atoms with Crippen LogP contribution in [0.25, 0.3) is 0 Å². The summed E-state index contributed by atoms with van der Waals surface area (Å²) < 4.78 is 0. The van der Waals surface area contributed by atoms with Gasteiger partial charge in [-0.1, -0.05) is 19.9 Å². The number of nitrogens with one attached hydrogen (secondary N) is 1. The van der Waals surface area contributed by atoms with Crippen LogP contribution in [-0.4, -0.2) is 48.6 Å². The van der Waals surface area contributed by atoms with Crippen molar-refractivity contribution in [3.8, 4) is 0 Å². The molecule has 0 fully saturated rings. The van der Waals surface area contributed by atoms with Gasteiger partial charge in [-0.2, -0.15) is 0 Å². The SMILES string of the molecule is CCCN(CC)CCN=C(N)NCCc1ccccn1.I. The quantitative estimate of drug-likeness (QED) is 0.374. The highest BCUT2D eigenvalue weighted by atomic mass is 127. The summed E-state index contributed by atoms with van der Waals surface area (Å²) in [7, 11) is 0. The molecule has 0 saturated carbocycles. The Morgan fingerprint density at radius 3 is 2.76 bits per heavy atom. The fraction of sp³-hybridized carbons (Fsp3) is 0.600. The van der Waals surface area contributed by atoms with Crippen molar-refractivity contribution in [1.82, 2.24) is 15.2 Å². The molecular weight excluding hydrogens is 377 g/mol. The largest absolute Gasteiger partial charge is 0.370 e. The Bertz CT molecular complexity index is 383. The summed E-state index contributed by atoms with van der Waals surface area (Å²) in [6, 6.07) is 5.92. The molecule has 0 aromatic carbocycles. The van der Waals surface area contributed by atoms with Crippen molar-refractivity contribution in [2.45, 2.75) is 26.7 Å². The van der Waals surface area contributed by atoms with Gasteiger partial charge in [0.05, 0.1) is 6.54 Å². The van der Waals surface area contributed by atoms with E-state index in [2.05, 4.69) is 34.0 Å². The van der Waals surface area contributed by atoms with Gasteiger partial charge in [-0.15, -0.1) is 24.0 Å². The van der Waals surface area contributed by atoms with E-state index in [0.717, 1.165) is 44.8 Å². The van der Waals surface area contributed by atoms with Gasteiger partial charge in [0, 0.05) is 31.4 Å². The van der Waals surface area contributed by atoms with Gasteiger partial charge < -0.3 is 16.0 Å². The lowest BCUT2D eigenvalue weighted by molar-refractivity contribution is 0.297. The van der Waals surface area contributed by atoms with Crippen molar-refractivity contribution in [2.75, 3.05) is 32.7 Å². The lowest BCUT2D eigenvalue weighted by Crippen LogP contribution is -2.34. The number of nitrogens with two attached hydrogens (primary N) is 1. The fourth-order valence-electron chi connectivity index (χ4n) is 1.98. The minimum absolute atomic E-state index is 0. The third-order valence-corrected chi connectivity index (χ3v) is 3.10. The molecule has 1 aromatic heterocycles. The molecule has 0 aliphatic rings. The molecule has 120 valence electrons. The topological polar surface area (TPSA) is 66.5 Å². The number of nitrogens with zero attached hydrogens (tertiary/aromatic N) is 3. The van der Waals surface area contributed by atoms with Crippen LogP contribution in [0.2, 0.25) is 0 Å². The predicted octanol–water partition coefficient (Wildman–Crippen LogP) is 1.88. The molecule has 21 heavy (non-hydrogen) atoms. The van der Waals surface area contributed by atoms with E-state index in [1.807, 2.05) is 18.2 Å². The minimum atomic E-state index is 0. The standard InChI is InChI=1S/C15H27N5.HI/c1-3-12-20(4-2)13-11-19-15(16)18-10-8-14-7-5-6-9-17-14;/h5-7,9H,3-4,8,10-13H2,1-2H3,(H3,16,18,19);1H. The molecule has 0 aliphatic carbocycles. The van der Waals surface area contributed by atoms with E-state index in [9.17, 15) is 0 Å². The lowest BCUT2D eigenvalue weighted by Gasteiger charge is -2.18. The number of hydrogen-bond acceptors (Lipinski definition) is 3. The molecule has 0 radical (unpaired) electrons. The van der Waals surface area contributed by atoms with Gasteiger partial charge in [-0.25, -0.2) is 0 Å². The number of pyridine rings is 1. The third-order valence-electron chi connectivity index (χ3n) is 3.10. The van der Waals surface area contributed by atoms with E-state index in [0.29, 0.717) is 5.96 Å². The van der Waals surface area contributed by atoms with Crippen LogP contribution in [0.1, 0.15) is 26.0 Å². The highest BCUT2D eigenvalue weighted by Gasteiger charge is 1.99. The van der Waals surface area contributed by atoms with Gasteiger partial charge in [0.15, 0.2) is 5.96 Å². The number of guanidine groups is 1. The van der Waals surface area contributed by atoms with Crippen molar-refractivity contribution < 1.29 is 0 Å². The first kappa shape index (κ1) is 20.1. The molecule has 0 atom stereocenters. The lowest BCUT2D eigenvalue weighted by atomic mass is 10.3. The van der Waals surface area contributed by atoms with Gasteiger partial charge in [-0.05, 0) is 31.6 Å². The summed E-state index contributed by atoms with van der Waals surface area (Å²) in [4.78, 5) is 11.0. The second-order valence-electron chi connectivity index (χ2n) is 4.70. The van der Waals surface area contributed by atoms with Crippen LogP contribution in [0.15, 0.2) is 29.4 Å². The summed E-state index contributed by atoms with van der Waals surface area (Å²) in [6.45, 7) is 9.03. The summed E-state index contributed by atoms with van der Waals surface area (Å²) in [5, 5.41) is 3.12. The first-order valence-corrected chi connectivity index (χ1v) is 7.42. The Morgan fingerprint density at radius 2 is 2.14 bits per heavy atom. The summed E-state index contributed by atoms with van der Waals surface area (Å²) in [5.74, 6) is 0.522. The summed E-state index contributed by atoms with van der Waals surface area (Å²) in [5.41, 5.74) is 6.90. The maximum absolute atomic E-state index is 5.84. The van der Waals surface area contributed by atoms with Crippen LogP contribution in [0.4, 0.5) is 0 Å². The number of likely N-dealkylation sites (N-methyl/N-ethyl adjacent to an activating group) is 1. The normalized spacial score (nSPS) is 11.3. The Kier molecular flexibility index (Phi) is 12.3. The van der Waals surface area contributed by atoms with Crippen LogP contribution >= 0.6 is 24.0 Å². The molecule has 0 bridgehead atoms. The fourth-order valence-corrected chi connectivity index (χ4v) is 1.98. The van der Waals surface area contributed by atoms with Gasteiger partial charge in [0.25, 0.3) is 0 Å². The van der Waals surface area contributed by atoms with E-state index in [1.165, 1.54) is 6.42 Å². The molecule has 0 saturated heterocycles. The average Bonchev–Trinajstić information content (AvgIpc) is 2.47. The summed E-state index contributed by atoms with van der Waals surface area (Å²) >= 11 is 0. The highest BCUT2D eigenvalue weighted by Crippen LogP contribution is 1.93. The van der Waals surface area contributed by atoms with E-state index < -0.39 is 0 Å². The van der Waals surface area contributed by atoms with Crippen LogP contribution in [0.3, 0.4) is 0 Å². The Labute approximate surface area is 145 Å². The molecule has 0 aliphatic heterocycles. The monoisotopic (exact) mass is 405 g/mol. The second kappa shape index (κ2) is 12.8. The first-order chi connectivity index (χ1) is 9.76. The Hall–Kier alpha value is -0.890. The molecule has 6 heteroatoms. The van der Waals surface area contributed by atoms with E-state index in [4.69, 9.17) is 5.73 Å². The number of aromatic nitrogens is 1. The van der Waals surface area contributed by atoms with E-state index in [1.54, 1.807) is 6.20 Å². The Morgan fingerprint density at radius 1 is 1.33 bits per heavy atom. The van der Waals surface area contributed by atoms with Crippen molar-refractivity contribution in [3.63, 3.8) is 0 Å². The molecule has 1 aromatic rings. The first-order valence-electron chi connectivity index (χ1n) is 7.42. The molecule has 5 nitrogen and oxygen atoms in total. The molecular formula is C15H28IN5. The molecule has 0 spiro atoms. The van der Waals surface area contributed by atoms with Crippen molar-refractivity contribution in [1.29, 1.82) is 0 Å².